The van der Waals surface area contributed by atoms with E-state index in [2.05, 4.69) is 0 Å². The van der Waals surface area contributed by atoms with Crippen LogP contribution in [0.5, 0.6) is 5.75 Å². The summed E-state index contributed by atoms with van der Waals surface area (Å²) in [5, 5.41) is 1.67. The number of hydrogen-bond donors (Lipinski definition) is 1. The Labute approximate surface area is 90.0 Å². The number of methoxy groups -OCH3 is 1. The lowest BCUT2D eigenvalue weighted by Crippen LogP contribution is -1.95. The Morgan fingerprint density at radius 2 is 1.93 bits per heavy atom. The fourth-order valence-electron chi connectivity index (χ4n) is 1.56. The molecular weight excluding hydrogens is 212 g/mol. The Bertz CT molecular complexity index is 522. The van der Waals surface area contributed by atoms with Crippen LogP contribution in [0.15, 0.2) is 41.3 Å². The van der Waals surface area contributed by atoms with Crippen LogP contribution in [0.3, 0.4) is 0 Å². The van der Waals surface area contributed by atoms with Crippen LogP contribution in [-0.2, 0) is 11.1 Å². The van der Waals surface area contributed by atoms with E-state index in [0.717, 1.165) is 10.8 Å². The van der Waals surface area contributed by atoms with Gasteiger partial charge in [0.25, 0.3) is 0 Å². The van der Waals surface area contributed by atoms with Gasteiger partial charge in [0.2, 0.25) is 0 Å². The molecule has 1 atom stereocenters. The summed E-state index contributed by atoms with van der Waals surface area (Å²) in [4.78, 5) is 0.329. The molecule has 2 rings (SSSR count). The Morgan fingerprint density at radius 3 is 2.60 bits per heavy atom. The van der Waals surface area contributed by atoms with Gasteiger partial charge >= 0.3 is 0 Å². The lowest BCUT2D eigenvalue weighted by Gasteiger charge is -2.08. The van der Waals surface area contributed by atoms with Crippen LogP contribution in [0.2, 0.25) is 0 Å². The average Bonchev–Trinajstić information content (AvgIpc) is 2.27. The van der Waals surface area contributed by atoms with E-state index in [-0.39, 0.29) is 0 Å². The standard InChI is InChI=1S/C11H10O3S/c1-14-10-7-6-8-4-2-3-5-9(8)11(10)15(12)13/h2-7H,1H3,(H,12,13). The summed E-state index contributed by atoms with van der Waals surface area (Å²) in [7, 11) is 1.49. The predicted molar refractivity (Wildman–Crippen MR) is 59.5 cm³/mol. The first kappa shape index (κ1) is 10.1. The van der Waals surface area contributed by atoms with Gasteiger partial charge in [0, 0.05) is 5.39 Å². The van der Waals surface area contributed by atoms with Gasteiger partial charge in [-0.1, -0.05) is 30.3 Å². The maximum absolute atomic E-state index is 11.2. The third kappa shape index (κ3) is 1.73. The number of ether oxygens (including phenoxy) is 1. The molecule has 0 bridgehead atoms. The second kappa shape index (κ2) is 4.00. The molecular formula is C11H10O3S. The molecule has 2 aromatic carbocycles. The zero-order valence-electron chi connectivity index (χ0n) is 8.14. The molecule has 1 N–H and O–H groups in total. The number of rotatable bonds is 2. The Hall–Kier alpha value is -1.39. The first-order valence-corrected chi connectivity index (χ1v) is 5.51. The number of benzene rings is 2. The zero-order valence-corrected chi connectivity index (χ0v) is 8.95. The van der Waals surface area contributed by atoms with Gasteiger partial charge in [0.15, 0.2) is 11.1 Å². The fraction of sp³-hybridized carbons (Fsp3) is 0.0909. The SMILES string of the molecule is COc1ccc2ccccc2c1S(=O)O. The molecule has 3 nitrogen and oxygen atoms in total. The van der Waals surface area contributed by atoms with Crippen LogP contribution in [0.1, 0.15) is 0 Å². The number of hydrogen-bond acceptors (Lipinski definition) is 2. The van der Waals surface area contributed by atoms with Crippen molar-refractivity contribution < 1.29 is 13.5 Å². The second-order valence-corrected chi connectivity index (χ2v) is 3.97. The van der Waals surface area contributed by atoms with Gasteiger partial charge < -0.3 is 9.29 Å². The second-order valence-electron chi connectivity index (χ2n) is 3.07. The molecule has 0 fully saturated rings. The van der Waals surface area contributed by atoms with Gasteiger partial charge in [0.1, 0.15) is 10.6 Å². The highest BCUT2D eigenvalue weighted by Crippen LogP contribution is 2.30. The Kier molecular flexibility index (Phi) is 2.70. The molecule has 0 saturated carbocycles. The summed E-state index contributed by atoms with van der Waals surface area (Å²) in [5.74, 6) is 0.439. The molecule has 1 unspecified atom stereocenters. The van der Waals surface area contributed by atoms with Crippen LogP contribution in [0, 0.1) is 0 Å². The maximum Gasteiger partial charge on any atom is 0.190 e. The van der Waals surface area contributed by atoms with Gasteiger partial charge in [-0.15, -0.1) is 0 Å². The summed E-state index contributed by atoms with van der Waals surface area (Å²) >= 11 is -2.04. The van der Waals surface area contributed by atoms with Crippen molar-refractivity contribution in [3.63, 3.8) is 0 Å². The number of fused-ring (bicyclic) bond motifs is 1. The lowest BCUT2D eigenvalue weighted by atomic mass is 10.1. The monoisotopic (exact) mass is 222 g/mol. The van der Waals surface area contributed by atoms with Crippen molar-refractivity contribution in [2.75, 3.05) is 7.11 Å². The minimum Gasteiger partial charge on any atom is -0.495 e. The van der Waals surface area contributed by atoms with Gasteiger partial charge in [-0.25, -0.2) is 4.21 Å². The quantitative estimate of drug-likeness (QED) is 0.794. The van der Waals surface area contributed by atoms with Crippen LogP contribution in [-0.4, -0.2) is 15.9 Å². The highest BCUT2D eigenvalue weighted by Gasteiger charge is 2.12. The van der Waals surface area contributed by atoms with Crippen molar-refractivity contribution in [2.24, 2.45) is 0 Å². The van der Waals surface area contributed by atoms with E-state index in [0.29, 0.717) is 10.6 Å². The summed E-state index contributed by atoms with van der Waals surface area (Å²) in [5.41, 5.74) is 0. The van der Waals surface area contributed by atoms with E-state index < -0.39 is 11.1 Å². The minimum atomic E-state index is -2.04. The average molecular weight is 222 g/mol. The van der Waals surface area contributed by atoms with Crippen LogP contribution < -0.4 is 4.74 Å². The molecule has 0 aromatic heterocycles. The third-order valence-corrected chi connectivity index (χ3v) is 3.01. The summed E-state index contributed by atoms with van der Waals surface area (Å²) in [6, 6.07) is 11.0. The molecule has 0 radical (unpaired) electrons. The van der Waals surface area contributed by atoms with Gasteiger partial charge in [-0.05, 0) is 11.5 Å². The van der Waals surface area contributed by atoms with Crippen molar-refractivity contribution >= 4 is 21.9 Å². The largest absolute Gasteiger partial charge is 0.495 e. The van der Waals surface area contributed by atoms with E-state index in [1.807, 2.05) is 24.3 Å². The van der Waals surface area contributed by atoms with Crippen molar-refractivity contribution in [2.45, 2.75) is 4.90 Å². The van der Waals surface area contributed by atoms with E-state index in [1.54, 1.807) is 12.1 Å². The fourth-order valence-corrected chi connectivity index (χ4v) is 2.26. The van der Waals surface area contributed by atoms with Gasteiger partial charge in [-0.2, -0.15) is 0 Å². The lowest BCUT2D eigenvalue weighted by molar-refractivity contribution is 0.403. The molecule has 4 heteroatoms. The van der Waals surface area contributed by atoms with Crippen LogP contribution in [0.25, 0.3) is 10.8 Å². The molecule has 0 aliphatic carbocycles. The van der Waals surface area contributed by atoms with Crippen molar-refractivity contribution in [1.82, 2.24) is 0 Å². The molecule has 0 saturated heterocycles. The molecule has 0 spiro atoms. The third-order valence-electron chi connectivity index (χ3n) is 2.24. The molecule has 78 valence electrons. The first-order chi connectivity index (χ1) is 7.24. The Balaban J connectivity index is 2.85. The predicted octanol–water partition coefficient (Wildman–Crippen LogP) is 2.43. The first-order valence-electron chi connectivity index (χ1n) is 4.40. The molecule has 15 heavy (non-hydrogen) atoms. The van der Waals surface area contributed by atoms with Crippen LogP contribution in [0.4, 0.5) is 0 Å². The van der Waals surface area contributed by atoms with E-state index in [4.69, 9.17) is 4.74 Å². The zero-order chi connectivity index (χ0) is 10.8. The molecule has 0 amide bonds. The summed E-state index contributed by atoms with van der Waals surface area (Å²) in [6.07, 6.45) is 0. The molecule has 2 aromatic rings. The molecule has 0 aliphatic rings. The van der Waals surface area contributed by atoms with Crippen molar-refractivity contribution in [3.8, 4) is 5.75 Å². The smallest absolute Gasteiger partial charge is 0.190 e. The highest BCUT2D eigenvalue weighted by molar-refractivity contribution is 7.79. The molecule has 0 heterocycles. The topological polar surface area (TPSA) is 46.5 Å². The van der Waals surface area contributed by atoms with Gasteiger partial charge in [-0.3, -0.25) is 0 Å². The van der Waals surface area contributed by atoms with Crippen LogP contribution >= 0.6 is 0 Å². The summed E-state index contributed by atoms with van der Waals surface area (Å²) < 4.78 is 25.5. The molecule has 0 aliphatic heterocycles. The maximum atomic E-state index is 11.2. The van der Waals surface area contributed by atoms with E-state index in [1.165, 1.54) is 7.11 Å². The summed E-state index contributed by atoms with van der Waals surface area (Å²) in [6.45, 7) is 0. The van der Waals surface area contributed by atoms with E-state index >= 15 is 0 Å². The normalized spacial score (nSPS) is 12.7. The highest BCUT2D eigenvalue weighted by atomic mass is 32.2. The Morgan fingerprint density at radius 1 is 1.20 bits per heavy atom. The van der Waals surface area contributed by atoms with Gasteiger partial charge in [0.05, 0.1) is 7.11 Å². The van der Waals surface area contributed by atoms with Crippen molar-refractivity contribution in [1.29, 1.82) is 0 Å². The van der Waals surface area contributed by atoms with Crippen molar-refractivity contribution in [3.05, 3.63) is 36.4 Å². The van der Waals surface area contributed by atoms with E-state index in [9.17, 15) is 8.76 Å². The minimum absolute atomic E-state index is 0.329.